The van der Waals surface area contributed by atoms with Gasteiger partial charge in [-0.1, -0.05) is 0 Å². The molecule has 3 heterocycles. The maximum absolute atomic E-state index is 13.0. The molecule has 3 rings (SSSR count). The minimum absolute atomic E-state index is 0.0379. The summed E-state index contributed by atoms with van der Waals surface area (Å²) in [6.45, 7) is 6.51. The average Bonchev–Trinajstić information content (AvgIpc) is 2.85. The van der Waals surface area contributed by atoms with Gasteiger partial charge in [-0.3, -0.25) is 19.4 Å². The molecule has 2 unspecified atom stereocenters. The van der Waals surface area contributed by atoms with Gasteiger partial charge in [-0.2, -0.15) is 0 Å². The molecule has 1 aliphatic heterocycles. The Hall–Kier alpha value is -2.15. The predicted molar refractivity (Wildman–Crippen MR) is 97.5 cm³/mol. The fraction of sp³-hybridized carbons (Fsp3) is 0.611. The number of hydrogen-bond acceptors (Lipinski definition) is 4. The van der Waals surface area contributed by atoms with Gasteiger partial charge in [0.05, 0.1) is 11.8 Å². The zero-order valence-electron chi connectivity index (χ0n) is 15.4. The van der Waals surface area contributed by atoms with E-state index < -0.39 is 0 Å². The Labute approximate surface area is 147 Å². The standard InChI is InChI=1S/C18H27N5O2/c1-10-13(12(3)20-17-16(10)18(25)21-22(17)4)9-15(24)23-8-6-5-7-14(23)11(2)19/h11,14H,5-9,19H2,1-4H3,(H,21,25). The van der Waals surface area contributed by atoms with E-state index in [0.717, 1.165) is 42.6 Å². The number of amides is 1. The summed E-state index contributed by atoms with van der Waals surface area (Å²) in [5.41, 5.74) is 9.04. The minimum Gasteiger partial charge on any atom is -0.338 e. The molecule has 25 heavy (non-hydrogen) atoms. The van der Waals surface area contributed by atoms with Crippen molar-refractivity contribution in [2.45, 2.75) is 58.5 Å². The molecule has 1 fully saturated rings. The third-order valence-electron chi connectivity index (χ3n) is 5.38. The minimum atomic E-state index is -0.164. The molecule has 2 aromatic rings. The summed E-state index contributed by atoms with van der Waals surface area (Å²) in [6.07, 6.45) is 3.35. The Balaban J connectivity index is 1.96. The first kappa shape index (κ1) is 17.7. The van der Waals surface area contributed by atoms with E-state index in [1.165, 1.54) is 0 Å². The van der Waals surface area contributed by atoms with E-state index in [2.05, 4.69) is 10.1 Å². The van der Waals surface area contributed by atoms with Gasteiger partial charge < -0.3 is 10.6 Å². The number of carbonyl (C=O) groups excluding carboxylic acids is 1. The number of H-pyrrole nitrogens is 1. The van der Waals surface area contributed by atoms with E-state index in [1.54, 1.807) is 11.7 Å². The first-order valence-electron chi connectivity index (χ1n) is 8.91. The number of aryl methyl sites for hydroxylation is 3. The van der Waals surface area contributed by atoms with Gasteiger partial charge in [0.25, 0.3) is 5.56 Å². The molecule has 3 N–H and O–H groups in total. The Morgan fingerprint density at radius 3 is 2.80 bits per heavy atom. The number of carbonyl (C=O) groups is 1. The molecule has 7 nitrogen and oxygen atoms in total. The molecule has 0 aromatic carbocycles. The molecule has 0 saturated carbocycles. The van der Waals surface area contributed by atoms with Crippen LogP contribution in [0.3, 0.4) is 0 Å². The average molecular weight is 345 g/mol. The van der Waals surface area contributed by atoms with Gasteiger partial charge in [0.1, 0.15) is 0 Å². The number of nitrogens with two attached hydrogens (primary N) is 1. The maximum atomic E-state index is 13.0. The molecular formula is C18H27N5O2. The van der Waals surface area contributed by atoms with Crippen molar-refractivity contribution in [3.63, 3.8) is 0 Å². The van der Waals surface area contributed by atoms with Crippen LogP contribution in [-0.2, 0) is 18.3 Å². The molecule has 1 amide bonds. The number of pyridine rings is 1. The SMILES string of the molecule is Cc1nc2c(c(C)c1CC(=O)N1CCCCC1C(C)N)c(=O)[nH]n2C. The Bertz CT molecular complexity index is 864. The van der Waals surface area contributed by atoms with Gasteiger partial charge >= 0.3 is 0 Å². The lowest BCUT2D eigenvalue weighted by Gasteiger charge is -2.38. The van der Waals surface area contributed by atoms with Crippen molar-refractivity contribution in [1.29, 1.82) is 0 Å². The van der Waals surface area contributed by atoms with Crippen LogP contribution in [0.25, 0.3) is 11.0 Å². The van der Waals surface area contributed by atoms with Crippen LogP contribution >= 0.6 is 0 Å². The van der Waals surface area contributed by atoms with E-state index in [9.17, 15) is 9.59 Å². The summed E-state index contributed by atoms with van der Waals surface area (Å²) in [7, 11) is 1.77. The topological polar surface area (TPSA) is 97.0 Å². The summed E-state index contributed by atoms with van der Waals surface area (Å²) in [4.78, 5) is 31.6. The summed E-state index contributed by atoms with van der Waals surface area (Å²) < 4.78 is 1.63. The second kappa shape index (κ2) is 6.63. The molecule has 1 aliphatic rings. The van der Waals surface area contributed by atoms with Gasteiger partial charge in [-0.05, 0) is 51.2 Å². The van der Waals surface area contributed by atoms with Crippen molar-refractivity contribution in [3.05, 3.63) is 27.2 Å². The third-order valence-corrected chi connectivity index (χ3v) is 5.38. The van der Waals surface area contributed by atoms with Crippen LogP contribution in [0, 0.1) is 13.8 Å². The highest BCUT2D eigenvalue weighted by atomic mass is 16.2. The summed E-state index contributed by atoms with van der Waals surface area (Å²) in [5.74, 6) is 0.0710. The maximum Gasteiger partial charge on any atom is 0.273 e. The van der Waals surface area contributed by atoms with E-state index in [4.69, 9.17) is 5.73 Å². The van der Waals surface area contributed by atoms with Gasteiger partial charge in [0.2, 0.25) is 5.91 Å². The first-order valence-corrected chi connectivity index (χ1v) is 8.91. The molecule has 2 atom stereocenters. The Morgan fingerprint density at radius 2 is 2.12 bits per heavy atom. The lowest BCUT2D eigenvalue weighted by atomic mass is 9.95. The molecule has 136 valence electrons. The second-order valence-electron chi connectivity index (χ2n) is 7.19. The van der Waals surface area contributed by atoms with Crippen molar-refractivity contribution in [3.8, 4) is 0 Å². The van der Waals surface area contributed by atoms with Gasteiger partial charge in [0.15, 0.2) is 5.65 Å². The van der Waals surface area contributed by atoms with E-state index in [1.807, 2.05) is 25.7 Å². The lowest BCUT2D eigenvalue weighted by molar-refractivity contribution is -0.134. The van der Waals surface area contributed by atoms with Crippen LogP contribution < -0.4 is 11.3 Å². The van der Waals surface area contributed by atoms with E-state index >= 15 is 0 Å². The highest BCUT2D eigenvalue weighted by Gasteiger charge is 2.30. The number of fused-ring (bicyclic) bond motifs is 1. The highest BCUT2D eigenvalue weighted by molar-refractivity contribution is 5.85. The van der Waals surface area contributed by atoms with Crippen LogP contribution in [0.5, 0.6) is 0 Å². The molecule has 7 heteroatoms. The predicted octanol–water partition coefficient (Wildman–Crippen LogP) is 1.15. The highest BCUT2D eigenvalue weighted by Crippen LogP contribution is 2.24. The summed E-state index contributed by atoms with van der Waals surface area (Å²) in [5, 5.41) is 3.30. The zero-order valence-corrected chi connectivity index (χ0v) is 15.4. The number of aromatic amines is 1. The number of aromatic nitrogens is 3. The number of nitrogens with zero attached hydrogens (tertiary/aromatic N) is 3. The number of rotatable bonds is 3. The molecular weight excluding hydrogens is 318 g/mol. The van der Waals surface area contributed by atoms with Gasteiger partial charge in [-0.25, -0.2) is 4.98 Å². The van der Waals surface area contributed by atoms with Crippen molar-refractivity contribution < 1.29 is 4.79 Å². The Morgan fingerprint density at radius 1 is 1.40 bits per heavy atom. The van der Waals surface area contributed by atoms with Crippen molar-refractivity contribution in [2.75, 3.05) is 6.54 Å². The number of piperidine rings is 1. The largest absolute Gasteiger partial charge is 0.338 e. The molecule has 0 bridgehead atoms. The van der Waals surface area contributed by atoms with Gasteiger partial charge in [0, 0.05) is 31.4 Å². The van der Waals surface area contributed by atoms with Crippen LogP contribution in [0.15, 0.2) is 4.79 Å². The van der Waals surface area contributed by atoms with Gasteiger partial charge in [-0.15, -0.1) is 0 Å². The van der Waals surface area contributed by atoms with Crippen molar-refractivity contribution in [2.24, 2.45) is 12.8 Å². The van der Waals surface area contributed by atoms with Crippen LogP contribution in [0.4, 0.5) is 0 Å². The molecule has 2 aromatic heterocycles. The molecule has 0 aliphatic carbocycles. The van der Waals surface area contributed by atoms with E-state index in [-0.39, 0.29) is 30.0 Å². The summed E-state index contributed by atoms with van der Waals surface area (Å²) in [6, 6.07) is 0.0581. The van der Waals surface area contributed by atoms with Crippen LogP contribution in [0.2, 0.25) is 0 Å². The fourth-order valence-electron chi connectivity index (χ4n) is 3.97. The fourth-order valence-corrected chi connectivity index (χ4v) is 3.97. The lowest BCUT2D eigenvalue weighted by Crippen LogP contribution is -2.52. The number of hydrogen-bond donors (Lipinski definition) is 2. The third kappa shape index (κ3) is 3.08. The normalized spacial score (nSPS) is 19.4. The second-order valence-corrected chi connectivity index (χ2v) is 7.19. The summed E-state index contributed by atoms with van der Waals surface area (Å²) >= 11 is 0. The molecule has 0 spiro atoms. The van der Waals surface area contributed by atoms with Crippen molar-refractivity contribution >= 4 is 16.9 Å². The van der Waals surface area contributed by atoms with Crippen molar-refractivity contribution in [1.82, 2.24) is 19.7 Å². The zero-order chi connectivity index (χ0) is 18.3. The van der Waals surface area contributed by atoms with Crippen LogP contribution in [-0.4, -0.2) is 44.2 Å². The number of likely N-dealkylation sites (tertiary alicyclic amines) is 1. The molecule has 0 radical (unpaired) electrons. The quantitative estimate of drug-likeness (QED) is 0.872. The first-order chi connectivity index (χ1) is 11.8. The monoisotopic (exact) mass is 345 g/mol. The smallest absolute Gasteiger partial charge is 0.273 e. The Kier molecular flexibility index (Phi) is 4.69. The number of nitrogens with one attached hydrogen (secondary N) is 1. The molecule has 1 saturated heterocycles. The van der Waals surface area contributed by atoms with E-state index in [0.29, 0.717) is 11.0 Å². The van der Waals surface area contributed by atoms with Crippen LogP contribution in [0.1, 0.15) is 43.0 Å².